The van der Waals surface area contributed by atoms with Crippen LogP contribution in [0.15, 0.2) is 23.8 Å². The average molecular weight is 293 g/mol. The monoisotopic (exact) mass is 292 g/mol. The molecule has 2 unspecified atom stereocenters. The predicted molar refractivity (Wildman–Crippen MR) is 98.7 cm³/mol. The maximum Gasteiger partial charge on any atom is -0.0262 e. The van der Waals surface area contributed by atoms with E-state index in [9.17, 15) is 0 Å². The maximum atomic E-state index is 2.44. The molecule has 2 atom stereocenters. The normalized spacial score (nSPS) is 15.9. The SMILES string of the molecule is CC/C=C(\C)CCCC(C)/C=C/CC(C)CCCC(C)C. The van der Waals surface area contributed by atoms with Crippen molar-refractivity contribution < 1.29 is 0 Å². The van der Waals surface area contributed by atoms with Gasteiger partial charge in [0, 0.05) is 0 Å². The van der Waals surface area contributed by atoms with Crippen molar-refractivity contribution in [2.45, 2.75) is 92.9 Å². The van der Waals surface area contributed by atoms with Crippen LogP contribution in [-0.4, -0.2) is 0 Å². The number of allylic oxidation sites excluding steroid dienone is 4. The summed E-state index contributed by atoms with van der Waals surface area (Å²) in [4.78, 5) is 0. The summed E-state index contributed by atoms with van der Waals surface area (Å²) in [7, 11) is 0. The van der Waals surface area contributed by atoms with Crippen LogP contribution in [0, 0.1) is 17.8 Å². The van der Waals surface area contributed by atoms with E-state index in [1.54, 1.807) is 5.57 Å². The van der Waals surface area contributed by atoms with Crippen molar-refractivity contribution in [2.75, 3.05) is 0 Å². The van der Waals surface area contributed by atoms with Crippen LogP contribution < -0.4 is 0 Å². The average Bonchev–Trinajstić information content (AvgIpc) is 2.38. The molecule has 0 aliphatic rings. The summed E-state index contributed by atoms with van der Waals surface area (Å²) in [6.07, 6.45) is 17.8. The van der Waals surface area contributed by atoms with Crippen LogP contribution in [-0.2, 0) is 0 Å². The Kier molecular flexibility index (Phi) is 12.8. The van der Waals surface area contributed by atoms with Crippen LogP contribution in [0.5, 0.6) is 0 Å². The molecule has 0 aromatic heterocycles. The summed E-state index contributed by atoms with van der Waals surface area (Å²) < 4.78 is 0. The Morgan fingerprint density at radius 1 is 0.952 bits per heavy atom. The summed E-state index contributed by atoms with van der Waals surface area (Å²) in [5.74, 6) is 2.45. The van der Waals surface area contributed by atoms with Gasteiger partial charge < -0.3 is 0 Å². The topological polar surface area (TPSA) is 0 Å². The van der Waals surface area contributed by atoms with E-state index in [4.69, 9.17) is 0 Å². The van der Waals surface area contributed by atoms with E-state index < -0.39 is 0 Å². The maximum absolute atomic E-state index is 2.44. The van der Waals surface area contributed by atoms with Gasteiger partial charge in [-0.3, -0.25) is 0 Å². The Bertz CT molecular complexity index is 282. The Balaban J connectivity index is 3.69. The molecule has 0 amide bonds. The number of rotatable bonds is 12. The Morgan fingerprint density at radius 2 is 1.67 bits per heavy atom. The number of hydrogen-bond acceptors (Lipinski definition) is 0. The molecule has 0 radical (unpaired) electrons. The fourth-order valence-corrected chi connectivity index (χ4v) is 2.79. The third-order valence-corrected chi connectivity index (χ3v) is 4.26. The van der Waals surface area contributed by atoms with E-state index in [-0.39, 0.29) is 0 Å². The molecule has 0 spiro atoms. The summed E-state index contributed by atoms with van der Waals surface area (Å²) in [5, 5.41) is 0. The minimum atomic E-state index is 0.738. The van der Waals surface area contributed by atoms with Gasteiger partial charge in [0.25, 0.3) is 0 Å². The van der Waals surface area contributed by atoms with Gasteiger partial charge in [0.1, 0.15) is 0 Å². The lowest BCUT2D eigenvalue weighted by molar-refractivity contribution is 0.460. The fraction of sp³-hybridized carbons (Fsp3) is 0.810. The smallest absolute Gasteiger partial charge is 0.0262 e. The van der Waals surface area contributed by atoms with Crippen molar-refractivity contribution in [3.63, 3.8) is 0 Å². The summed E-state index contributed by atoms with van der Waals surface area (Å²) >= 11 is 0. The van der Waals surface area contributed by atoms with Gasteiger partial charge in [0.05, 0.1) is 0 Å². The third-order valence-electron chi connectivity index (χ3n) is 4.26. The lowest BCUT2D eigenvalue weighted by atomic mass is 9.95. The summed E-state index contributed by atoms with van der Waals surface area (Å²) in [6, 6.07) is 0. The van der Waals surface area contributed by atoms with Crippen LogP contribution in [0.4, 0.5) is 0 Å². The van der Waals surface area contributed by atoms with E-state index in [0.29, 0.717) is 0 Å². The first-order valence-electron chi connectivity index (χ1n) is 9.27. The molecule has 0 aliphatic heterocycles. The minimum Gasteiger partial charge on any atom is -0.0880 e. The molecular formula is C21H40. The quantitative estimate of drug-likeness (QED) is 0.325. The van der Waals surface area contributed by atoms with Crippen molar-refractivity contribution in [3.8, 4) is 0 Å². The van der Waals surface area contributed by atoms with Crippen molar-refractivity contribution in [1.82, 2.24) is 0 Å². The lowest BCUT2D eigenvalue weighted by Gasteiger charge is -2.11. The highest BCUT2D eigenvalue weighted by molar-refractivity contribution is 4.97. The molecule has 0 aromatic rings. The molecule has 124 valence electrons. The molecule has 0 nitrogen and oxygen atoms in total. The molecule has 0 aliphatic carbocycles. The molecule has 0 heterocycles. The van der Waals surface area contributed by atoms with Crippen LogP contribution in [0.3, 0.4) is 0 Å². The van der Waals surface area contributed by atoms with Gasteiger partial charge in [0.15, 0.2) is 0 Å². The highest BCUT2D eigenvalue weighted by Gasteiger charge is 2.02. The molecule has 0 saturated heterocycles. The highest BCUT2D eigenvalue weighted by Crippen LogP contribution is 2.17. The Labute approximate surface area is 135 Å². The van der Waals surface area contributed by atoms with Crippen LogP contribution in [0.2, 0.25) is 0 Å². The molecule has 0 heteroatoms. The van der Waals surface area contributed by atoms with Crippen molar-refractivity contribution >= 4 is 0 Å². The second-order valence-corrected chi connectivity index (χ2v) is 7.42. The van der Waals surface area contributed by atoms with Crippen molar-refractivity contribution in [3.05, 3.63) is 23.8 Å². The standard InChI is InChI=1S/C21H40/c1-7-11-19(4)14-9-15-21(6)17-10-16-20(5)13-8-12-18(2)3/h10-11,17-18,20-21H,7-9,12-16H2,1-6H3/b17-10+,19-11+. The van der Waals surface area contributed by atoms with Crippen LogP contribution >= 0.6 is 0 Å². The van der Waals surface area contributed by atoms with Crippen LogP contribution in [0.25, 0.3) is 0 Å². The Hall–Kier alpha value is -0.520. The zero-order chi connectivity index (χ0) is 16.1. The largest absolute Gasteiger partial charge is 0.0880 e. The fourth-order valence-electron chi connectivity index (χ4n) is 2.79. The van der Waals surface area contributed by atoms with Gasteiger partial charge in [-0.2, -0.15) is 0 Å². The molecule has 0 aromatic carbocycles. The zero-order valence-corrected chi connectivity index (χ0v) is 15.6. The number of hydrogen-bond donors (Lipinski definition) is 0. The molecule has 0 saturated carbocycles. The van der Waals surface area contributed by atoms with E-state index in [1.807, 2.05) is 0 Å². The van der Waals surface area contributed by atoms with Gasteiger partial charge in [-0.15, -0.1) is 0 Å². The van der Waals surface area contributed by atoms with Crippen molar-refractivity contribution in [1.29, 1.82) is 0 Å². The summed E-state index contributed by atoms with van der Waals surface area (Å²) in [5.41, 5.74) is 1.56. The van der Waals surface area contributed by atoms with E-state index in [2.05, 4.69) is 59.8 Å². The van der Waals surface area contributed by atoms with E-state index in [1.165, 1.54) is 51.4 Å². The predicted octanol–water partition coefficient (Wildman–Crippen LogP) is 7.56. The lowest BCUT2D eigenvalue weighted by Crippen LogP contribution is -1.96. The van der Waals surface area contributed by atoms with E-state index in [0.717, 1.165) is 17.8 Å². The molecule has 0 N–H and O–H groups in total. The molecule has 0 fully saturated rings. The third kappa shape index (κ3) is 14.2. The van der Waals surface area contributed by atoms with Gasteiger partial charge in [0.2, 0.25) is 0 Å². The second kappa shape index (κ2) is 13.2. The Morgan fingerprint density at radius 3 is 2.29 bits per heavy atom. The van der Waals surface area contributed by atoms with Crippen LogP contribution in [0.1, 0.15) is 92.9 Å². The van der Waals surface area contributed by atoms with Gasteiger partial charge >= 0.3 is 0 Å². The van der Waals surface area contributed by atoms with E-state index >= 15 is 0 Å². The summed E-state index contributed by atoms with van der Waals surface area (Å²) in [6.45, 7) is 13.9. The first-order valence-corrected chi connectivity index (χ1v) is 9.27. The molecule has 0 bridgehead atoms. The molecule has 0 rings (SSSR count). The minimum absolute atomic E-state index is 0.738. The molecular weight excluding hydrogens is 252 g/mol. The van der Waals surface area contributed by atoms with Gasteiger partial charge in [-0.05, 0) is 56.8 Å². The molecule has 21 heavy (non-hydrogen) atoms. The first kappa shape index (κ1) is 20.5. The first-order chi connectivity index (χ1) is 9.95. The van der Waals surface area contributed by atoms with Crippen molar-refractivity contribution in [2.24, 2.45) is 17.8 Å². The van der Waals surface area contributed by atoms with Gasteiger partial charge in [-0.25, -0.2) is 0 Å². The zero-order valence-electron chi connectivity index (χ0n) is 15.6. The van der Waals surface area contributed by atoms with Gasteiger partial charge in [-0.1, -0.05) is 77.7 Å². The highest BCUT2D eigenvalue weighted by atomic mass is 14.1. The second-order valence-electron chi connectivity index (χ2n) is 7.42.